The van der Waals surface area contributed by atoms with Gasteiger partial charge in [-0.25, -0.2) is 0 Å². The standard InChI is InChI=1S/C5H10.Al.4FH.K.2H/c1-3-5-4-2;;;;;;;;/h1-5H2;;4*1H;;;. The van der Waals surface area contributed by atoms with Gasteiger partial charge in [0, 0.05) is 0 Å². The van der Waals surface area contributed by atoms with Crippen LogP contribution in [0.3, 0.4) is 0 Å². The van der Waals surface area contributed by atoms with Crippen molar-refractivity contribution in [2.45, 2.75) is 29.8 Å². The molecule has 0 aromatic rings. The number of halogens is 4. The van der Waals surface area contributed by atoms with Crippen LogP contribution in [0.4, 0.5) is 18.8 Å². The van der Waals surface area contributed by atoms with E-state index in [1.54, 1.807) is 23.4 Å². The van der Waals surface area contributed by atoms with Crippen LogP contribution in [0.1, 0.15) is 19.3 Å². The van der Waals surface area contributed by atoms with Crippen LogP contribution in [0.25, 0.3) is 0 Å². The predicted octanol–water partition coefficient (Wildman–Crippen LogP) is 1.40. The number of rotatable bonds is 0. The van der Waals surface area contributed by atoms with Gasteiger partial charge in [0.15, 0.2) is 0 Å². The summed E-state index contributed by atoms with van der Waals surface area (Å²) < 4.78 is 0. The van der Waals surface area contributed by atoms with E-state index in [4.69, 9.17) is 0 Å². The monoisotopic (exact) mass is 218 g/mol. The van der Waals surface area contributed by atoms with E-state index in [1.807, 2.05) is 0 Å². The van der Waals surface area contributed by atoms with Crippen molar-refractivity contribution in [3.63, 3.8) is 0 Å². The molecule has 0 radical (unpaired) electrons. The molecule has 68 valence electrons. The SMILES string of the molecule is C1C[CH2][AlH][CH2]C1.F.F.F.F.[KH]. The first-order valence-corrected chi connectivity index (χ1v) is 5.00. The summed E-state index contributed by atoms with van der Waals surface area (Å²) in [6.45, 7) is 0. The molecule has 0 saturated carbocycles. The Hall–Kier alpha value is 1.89. The Morgan fingerprint density at radius 3 is 1.09 bits per heavy atom. The Morgan fingerprint density at radius 1 is 0.636 bits per heavy atom. The van der Waals surface area contributed by atoms with Crippen LogP contribution in [0, 0.1) is 0 Å². The second kappa shape index (κ2) is 22.7. The third kappa shape index (κ3) is 18.7. The summed E-state index contributed by atoms with van der Waals surface area (Å²) in [5.41, 5.74) is 0. The molecule has 0 bridgehead atoms. The molecule has 1 heterocycles. The van der Waals surface area contributed by atoms with Gasteiger partial charge in [-0.15, -0.1) is 0 Å². The molecule has 0 aromatic heterocycles. The molecule has 0 aromatic carbocycles. The van der Waals surface area contributed by atoms with Gasteiger partial charge in [0.1, 0.15) is 0 Å². The van der Waals surface area contributed by atoms with Crippen molar-refractivity contribution in [1.82, 2.24) is 0 Å². The molecule has 0 aliphatic carbocycles. The van der Waals surface area contributed by atoms with Gasteiger partial charge >= 0.3 is 51.4 Å². The van der Waals surface area contributed by atoms with E-state index in [1.165, 1.54) is 6.42 Å². The topological polar surface area (TPSA) is 0 Å². The first kappa shape index (κ1) is 29.3. The summed E-state index contributed by atoms with van der Waals surface area (Å²) in [6, 6.07) is 0. The van der Waals surface area contributed by atoms with Crippen LogP contribution in [0.15, 0.2) is 0 Å². The van der Waals surface area contributed by atoms with Crippen molar-refractivity contribution in [3.8, 4) is 0 Å². The van der Waals surface area contributed by atoms with Crippen LogP contribution in [0.5, 0.6) is 0 Å². The number of hydrogen-bond donors (Lipinski definition) is 0. The third-order valence-electron chi connectivity index (χ3n) is 1.50. The molecule has 11 heavy (non-hydrogen) atoms. The summed E-state index contributed by atoms with van der Waals surface area (Å²) >= 11 is 0.508. The summed E-state index contributed by atoms with van der Waals surface area (Å²) in [5.74, 6) is 0. The maximum atomic E-state index is 1.64. The van der Waals surface area contributed by atoms with E-state index in [0.717, 1.165) is 0 Å². The zero-order valence-corrected chi connectivity index (χ0v) is 7.29. The molecule has 1 fully saturated rings. The van der Waals surface area contributed by atoms with Gasteiger partial charge in [0.25, 0.3) is 0 Å². The van der Waals surface area contributed by atoms with Crippen molar-refractivity contribution < 1.29 is 18.8 Å². The maximum absolute atomic E-state index is 1.64. The fourth-order valence-electron chi connectivity index (χ4n) is 1.06. The van der Waals surface area contributed by atoms with Gasteiger partial charge in [-0.3, -0.25) is 18.8 Å². The Balaban J connectivity index is -0.0000000240. The van der Waals surface area contributed by atoms with Crippen LogP contribution in [-0.2, 0) is 0 Å². The van der Waals surface area contributed by atoms with Crippen molar-refractivity contribution >= 4 is 66.6 Å². The molecule has 0 amide bonds. The fraction of sp³-hybridized carbons (Fsp3) is 1.00. The summed E-state index contributed by atoms with van der Waals surface area (Å²) in [4.78, 5) is 0. The molecule has 1 saturated heterocycles. The van der Waals surface area contributed by atoms with Gasteiger partial charge in [0.05, 0.1) is 0 Å². The average molecular weight is 218 g/mol. The van der Waals surface area contributed by atoms with Gasteiger partial charge in [-0.2, -0.15) is 0 Å². The molecule has 1 aliphatic rings. The zero-order chi connectivity index (χ0) is 4.24. The van der Waals surface area contributed by atoms with E-state index in [0.29, 0.717) is 15.2 Å². The van der Waals surface area contributed by atoms with E-state index in [-0.39, 0.29) is 70.2 Å². The second-order valence-corrected chi connectivity index (χ2v) is 4.24. The van der Waals surface area contributed by atoms with Gasteiger partial charge in [-0.05, 0) is 0 Å². The van der Waals surface area contributed by atoms with E-state index >= 15 is 0 Å². The van der Waals surface area contributed by atoms with Crippen molar-refractivity contribution in [1.29, 1.82) is 0 Å². The molecular weight excluding hydrogens is 202 g/mol. The van der Waals surface area contributed by atoms with E-state index < -0.39 is 0 Å². The van der Waals surface area contributed by atoms with Crippen LogP contribution < -0.4 is 0 Å². The molecular formula is C5H16AlF4K. The van der Waals surface area contributed by atoms with Crippen molar-refractivity contribution in [2.24, 2.45) is 0 Å². The normalized spacial score (nSPS) is 12.4. The first-order valence-electron chi connectivity index (χ1n) is 3.00. The van der Waals surface area contributed by atoms with Crippen LogP contribution >= 0.6 is 0 Å². The minimum absolute atomic E-state index is 0. The Morgan fingerprint density at radius 2 is 1.00 bits per heavy atom. The van der Waals surface area contributed by atoms with Crippen molar-refractivity contribution in [2.75, 3.05) is 0 Å². The Kier molecular flexibility index (Phi) is 60.3. The van der Waals surface area contributed by atoms with Gasteiger partial charge < -0.3 is 0 Å². The first-order chi connectivity index (χ1) is 3.00. The van der Waals surface area contributed by atoms with Crippen LogP contribution in [-0.4, -0.2) is 66.6 Å². The molecule has 0 N–H and O–H groups in total. The number of hydrogen-bond acceptors (Lipinski definition) is 0. The van der Waals surface area contributed by atoms with Crippen molar-refractivity contribution in [3.05, 3.63) is 0 Å². The fourth-order valence-corrected chi connectivity index (χ4v) is 2.83. The van der Waals surface area contributed by atoms with E-state index in [2.05, 4.69) is 0 Å². The summed E-state index contributed by atoms with van der Waals surface area (Å²) in [5, 5.41) is 3.28. The zero-order valence-electron chi connectivity index (χ0n) is 5.88. The molecule has 0 unspecified atom stereocenters. The minimum atomic E-state index is 0. The second-order valence-electron chi connectivity index (χ2n) is 2.12. The Labute approximate surface area is 113 Å². The molecule has 1 rings (SSSR count). The van der Waals surface area contributed by atoms with E-state index in [9.17, 15) is 0 Å². The predicted molar refractivity (Wildman–Crippen MR) is 47.8 cm³/mol. The quantitative estimate of drug-likeness (QED) is 0.426. The molecule has 1 aliphatic heterocycles. The van der Waals surface area contributed by atoms with Gasteiger partial charge in [-0.1, -0.05) is 29.8 Å². The van der Waals surface area contributed by atoms with Gasteiger partial charge in [0.2, 0.25) is 15.2 Å². The molecule has 0 atom stereocenters. The molecule has 0 spiro atoms. The Bertz CT molecular complexity index is 34.0. The molecule has 6 heteroatoms. The summed E-state index contributed by atoms with van der Waals surface area (Å²) in [7, 11) is 0. The summed E-state index contributed by atoms with van der Waals surface area (Å²) in [6.07, 6.45) is 4.66. The van der Waals surface area contributed by atoms with Crippen LogP contribution in [0.2, 0.25) is 10.6 Å². The average Bonchev–Trinajstić information content (AvgIpc) is 1.72. The third-order valence-corrected chi connectivity index (χ3v) is 3.50. The molecule has 0 nitrogen and oxygen atoms in total.